The molecule has 3 N–H and O–H groups in total. The number of fused-ring (bicyclic) bond motifs is 2. The van der Waals surface area contributed by atoms with Gasteiger partial charge in [-0.3, -0.25) is 0 Å². The van der Waals surface area contributed by atoms with Gasteiger partial charge in [0.1, 0.15) is 0 Å². The average Bonchev–Trinajstić information content (AvgIpc) is 2.72. The molecule has 22 heavy (non-hydrogen) atoms. The zero-order chi connectivity index (χ0) is 15.7. The van der Waals surface area contributed by atoms with Crippen LogP contribution in [0.2, 0.25) is 0 Å². The number of carbonyl (C=O) groups is 1. The molecule has 3 rings (SSSR count). The first-order valence-corrected chi connectivity index (χ1v) is 9.78. The Labute approximate surface area is 131 Å². The van der Waals surface area contributed by atoms with Crippen LogP contribution in [0.3, 0.4) is 0 Å². The van der Waals surface area contributed by atoms with Gasteiger partial charge in [-0.1, -0.05) is 0 Å². The van der Waals surface area contributed by atoms with Gasteiger partial charge in [-0.2, -0.15) is 4.31 Å². The molecule has 1 amide bonds. The Bertz CT molecular complexity index is 504. The zero-order valence-corrected chi connectivity index (χ0v) is 13.5. The van der Waals surface area contributed by atoms with Gasteiger partial charge in [-0.15, -0.1) is 0 Å². The molecule has 3 aliphatic rings. The maximum atomic E-state index is 12.8. The lowest BCUT2D eigenvalue weighted by atomic mass is 10.00. The molecule has 0 radical (unpaired) electrons. The first-order valence-electron chi connectivity index (χ1n) is 8.17. The van der Waals surface area contributed by atoms with E-state index in [1.807, 2.05) is 0 Å². The molecule has 8 heteroatoms. The van der Waals surface area contributed by atoms with Gasteiger partial charge in [0.2, 0.25) is 10.0 Å². The SMILES string of the molecule is O=C(O)NC1CC2CCC(C1)N2S(=O)(=O)CC1CCNCC1. The lowest BCUT2D eigenvalue weighted by Crippen LogP contribution is -2.53. The molecule has 0 aromatic heterocycles. The molecule has 2 bridgehead atoms. The van der Waals surface area contributed by atoms with E-state index in [0.29, 0.717) is 12.8 Å². The van der Waals surface area contributed by atoms with Gasteiger partial charge in [0.25, 0.3) is 0 Å². The van der Waals surface area contributed by atoms with E-state index in [1.165, 1.54) is 0 Å². The molecule has 3 saturated heterocycles. The monoisotopic (exact) mass is 331 g/mol. The summed E-state index contributed by atoms with van der Waals surface area (Å²) in [6, 6.07) is -0.162. The summed E-state index contributed by atoms with van der Waals surface area (Å²) in [7, 11) is -3.24. The van der Waals surface area contributed by atoms with Crippen molar-refractivity contribution >= 4 is 16.1 Å². The van der Waals surface area contributed by atoms with Crippen LogP contribution in [0, 0.1) is 5.92 Å². The number of carboxylic acid groups (broad SMARTS) is 1. The van der Waals surface area contributed by atoms with Crippen LogP contribution in [0.1, 0.15) is 38.5 Å². The predicted octanol–water partition coefficient (Wildman–Crippen LogP) is 0.579. The fourth-order valence-electron chi connectivity index (χ4n) is 4.31. The minimum Gasteiger partial charge on any atom is -0.465 e. The van der Waals surface area contributed by atoms with E-state index in [0.717, 1.165) is 38.8 Å². The van der Waals surface area contributed by atoms with Crippen LogP contribution in [0.4, 0.5) is 4.79 Å². The van der Waals surface area contributed by atoms with Gasteiger partial charge >= 0.3 is 6.09 Å². The highest BCUT2D eigenvalue weighted by Gasteiger charge is 2.47. The number of nitrogens with one attached hydrogen (secondary N) is 2. The van der Waals surface area contributed by atoms with Crippen molar-refractivity contribution in [3.05, 3.63) is 0 Å². The van der Waals surface area contributed by atoms with Crippen molar-refractivity contribution in [2.45, 2.75) is 56.7 Å². The third-order valence-corrected chi connectivity index (χ3v) is 7.35. The third-order valence-electron chi connectivity index (χ3n) is 5.22. The van der Waals surface area contributed by atoms with Gasteiger partial charge < -0.3 is 15.7 Å². The van der Waals surface area contributed by atoms with Crippen LogP contribution < -0.4 is 10.6 Å². The zero-order valence-electron chi connectivity index (χ0n) is 12.7. The summed E-state index contributed by atoms with van der Waals surface area (Å²) in [6.45, 7) is 1.80. The molecule has 0 aromatic carbocycles. The third kappa shape index (κ3) is 3.38. The number of rotatable bonds is 4. The molecule has 2 unspecified atom stereocenters. The summed E-state index contributed by atoms with van der Waals surface area (Å²) >= 11 is 0. The van der Waals surface area contributed by atoms with Crippen LogP contribution in [-0.4, -0.2) is 60.9 Å². The molecule has 0 aliphatic carbocycles. The van der Waals surface area contributed by atoms with Crippen LogP contribution in [-0.2, 0) is 10.0 Å². The molecule has 3 heterocycles. The van der Waals surface area contributed by atoms with Gasteiger partial charge in [0, 0.05) is 18.1 Å². The standard InChI is InChI=1S/C14H25N3O4S/c18-14(19)16-11-7-12-1-2-13(8-11)17(12)22(20,21)9-10-3-5-15-6-4-10/h10-13,15-16H,1-9H2,(H,18,19). The van der Waals surface area contributed by atoms with E-state index in [4.69, 9.17) is 5.11 Å². The Balaban J connectivity index is 1.66. The van der Waals surface area contributed by atoms with Crippen molar-refractivity contribution in [2.75, 3.05) is 18.8 Å². The number of sulfonamides is 1. The van der Waals surface area contributed by atoms with E-state index in [9.17, 15) is 13.2 Å². The van der Waals surface area contributed by atoms with Crippen molar-refractivity contribution in [1.29, 1.82) is 0 Å². The Hall–Kier alpha value is -0.860. The number of piperidine rings is 2. The highest BCUT2D eigenvalue weighted by atomic mass is 32.2. The van der Waals surface area contributed by atoms with E-state index in [-0.39, 0.29) is 29.8 Å². The molecule has 3 aliphatic heterocycles. The second-order valence-corrected chi connectivity index (χ2v) is 8.72. The van der Waals surface area contributed by atoms with E-state index in [1.54, 1.807) is 4.31 Å². The average molecular weight is 331 g/mol. The maximum Gasteiger partial charge on any atom is 0.404 e. The van der Waals surface area contributed by atoms with Gasteiger partial charge in [-0.05, 0) is 57.5 Å². The summed E-state index contributed by atoms with van der Waals surface area (Å²) in [5.41, 5.74) is 0. The summed E-state index contributed by atoms with van der Waals surface area (Å²) in [4.78, 5) is 10.8. The molecular weight excluding hydrogens is 306 g/mol. The molecule has 126 valence electrons. The number of nitrogens with zero attached hydrogens (tertiary/aromatic N) is 1. The van der Waals surface area contributed by atoms with Crippen molar-refractivity contribution in [3.63, 3.8) is 0 Å². The second kappa shape index (κ2) is 6.33. The topological polar surface area (TPSA) is 98.7 Å². The molecule has 0 spiro atoms. The first-order chi connectivity index (χ1) is 10.5. The maximum absolute atomic E-state index is 12.8. The Morgan fingerprint density at radius 3 is 2.27 bits per heavy atom. The van der Waals surface area contributed by atoms with Gasteiger partial charge in [-0.25, -0.2) is 13.2 Å². The highest BCUT2D eigenvalue weighted by molar-refractivity contribution is 7.89. The van der Waals surface area contributed by atoms with E-state index in [2.05, 4.69) is 10.6 Å². The smallest absolute Gasteiger partial charge is 0.404 e. The fourth-order valence-corrected chi connectivity index (χ4v) is 6.71. The van der Waals surface area contributed by atoms with E-state index < -0.39 is 16.1 Å². The minimum atomic E-state index is -3.24. The molecular formula is C14H25N3O4S. The number of hydrogen-bond donors (Lipinski definition) is 3. The van der Waals surface area contributed by atoms with Crippen molar-refractivity contribution < 1.29 is 18.3 Å². The number of amides is 1. The Morgan fingerprint density at radius 1 is 1.14 bits per heavy atom. The quantitative estimate of drug-likeness (QED) is 0.700. The lowest BCUT2D eigenvalue weighted by Gasteiger charge is -2.38. The Kier molecular flexibility index (Phi) is 4.61. The predicted molar refractivity (Wildman–Crippen MR) is 82.2 cm³/mol. The summed E-state index contributed by atoms with van der Waals surface area (Å²) in [5, 5.41) is 14.6. The van der Waals surface area contributed by atoms with E-state index >= 15 is 0 Å². The fraction of sp³-hybridized carbons (Fsp3) is 0.929. The summed E-state index contributed by atoms with van der Waals surface area (Å²) in [6.07, 6.45) is 3.75. The van der Waals surface area contributed by atoms with Crippen molar-refractivity contribution in [3.8, 4) is 0 Å². The second-order valence-electron chi connectivity index (χ2n) is 6.80. The van der Waals surface area contributed by atoms with Crippen molar-refractivity contribution in [2.24, 2.45) is 5.92 Å². The largest absolute Gasteiger partial charge is 0.465 e. The van der Waals surface area contributed by atoms with Crippen LogP contribution in [0.15, 0.2) is 0 Å². The van der Waals surface area contributed by atoms with Crippen molar-refractivity contribution in [1.82, 2.24) is 14.9 Å². The van der Waals surface area contributed by atoms with Crippen LogP contribution in [0.25, 0.3) is 0 Å². The molecule has 0 saturated carbocycles. The lowest BCUT2D eigenvalue weighted by molar-refractivity contribution is 0.169. The van der Waals surface area contributed by atoms with Gasteiger partial charge in [0.15, 0.2) is 0 Å². The molecule has 0 aromatic rings. The molecule has 2 atom stereocenters. The highest BCUT2D eigenvalue weighted by Crippen LogP contribution is 2.38. The first kappa shape index (κ1) is 16.0. The van der Waals surface area contributed by atoms with Crippen LogP contribution in [0.5, 0.6) is 0 Å². The van der Waals surface area contributed by atoms with Gasteiger partial charge in [0.05, 0.1) is 5.75 Å². The summed E-state index contributed by atoms with van der Waals surface area (Å²) < 4.78 is 27.3. The normalized spacial score (nSPS) is 33.7. The summed E-state index contributed by atoms with van der Waals surface area (Å²) in [5.74, 6) is 0.499. The van der Waals surface area contributed by atoms with Crippen LogP contribution >= 0.6 is 0 Å². The minimum absolute atomic E-state index is 0.0256. The molecule has 7 nitrogen and oxygen atoms in total. The molecule has 3 fully saturated rings. The number of hydrogen-bond acceptors (Lipinski definition) is 4. The Morgan fingerprint density at radius 2 is 1.73 bits per heavy atom.